The summed E-state index contributed by atoms with van der Waals surface area (Å²) in [5.74, 6) is 1.34. The third kappa shape index (κ3) is 4.69. The Morgan fingerprint density at radius 2 is 2.08 bits per heavy atom. The Balaban J connectivity index is 2.58. The Morgan fingerprint density at radius 1 is 1.35 bits per heavy atom. The second-order valence-electron chi connectivity index (χ2n) is 7.09. The van der Waals surface area contributed by atoms with Crippen molar-refractivity contribution < 1.29 is 19.4 Å². The van der Waals surface area contributed by atoms with Crippen LogP contribution < -0.4 is 14.4 Å². The zero-order valence-corrected chi connectivity index (χ0v) is 16.2. The van der Waals surface area contributed by atoms with E-state index < -0.39 is 5.60 Å². The standard InChI is InChI=1S/C20H30N2O4/c1-6-12-26-19-15-13-21(7-2)18(23)10-11-22(14-20(3,4)24)16(15)8-9-17(19)25-5/h6,8-9,24H,1,7,10-14H2,2-5H3. The van der Waals surface area contributed by atoms with Gasteiger partial charge in [-0.3, -0.25) is 4.79 Å². The molecule has 0 radical (unpaired) electrons. The van der Waals surface area contributed by atoms with Gasteiger partial charge in [0.15, 0.2) is 11.5 Å². The second kappa shape index (κ2) is 8.45. The molecule has 1 aliphatic heterocycles. The van der Waals surface area contributed by atoms with Gasteiger partial charge in [-0.15, -0.1) is 0 Å². The van der Waals surface area contributed by atoms with Crippen LogP contribution in [-0.2, 0) is 11.3 Å². The number of carbonyl (C=O) groups excluding carboxylic acids is 1. The van der Waals surface area contributed by atoms with E-state index in [0.717, 1.165) is 11.3 Å². The van der Waals surface area contributed by atoms with Gasteiger partial charge in [-0.05, 0) is 32.9 Å². The maximum atomic E-state index is 12.5. The number of carbonyl (C=O) groups is 1. The predicted molar refractivity (Wildman–Crippen MR) is 103 cm³/mol. The van der Waals surface area contributed by atoms with Crippen LogP contribution >= 0.6 is 0 Å². The van der Waals surface area contributed by atoms with Gasteiger partial charge in [-0.1, -0.05) is 12.7 Å². The summed E-state index contributed by atoms with van der Waals surface area (Å²) in [6.45, 7) is 11.6. The molecular formula is C20H30N2O4. The van der Waals surface area contributed by atoms with Gasteiger partial charge < -0.3 is 24.4 Å². The molecule has 0 saturated heterocycles. The van der Waals surface area contributed by atoms with Crippen LogP contribution in [0.4, 0.5) is 5.69 Å². The molecule has 1 aromatic carbocycles. The van der Waals surface area contributed by atoms with Crippen molar-refractivity contribution in [3.05, 3.63) is 30.4 Å². The number of β-amino-alcohol motifs (C(OH)–C–C–N with tert-alkyl or cyclic N) is 1. The minimum absolute atomic E-state index is 0.0939. The summed E-state index contributed by atoms with van der Waals surface area (Å²) in [6.07, 6.45) is 2.09. The molecule has 0 fully saturated rings. The zero-order valence-electron chi connectivity index (χ0n) is 16.2. The smallest absolute Gasteiger partial charge is 0.224 e. The topological polar surface area (TPSA) is 62.2 Å². The van der Waals surface area contributed by atoms with Crippen molar-refractivity contribution in [3.8, 4) is 11.5 Å². The number of aliphatic hydroxyl groups is 1. The highest BCUT2D eigenvalue weighted by molar-refractivity contribution is 5.79. The van der Waals surface area contributed by atoms with Crippen LogP contribution in [0.2, 0.25) is 0 Å². The quantitative estimate of drug-likeness (QED) is 0.756. The van der Waals surface area contributed by atoms with Gasteiger partial charge in [0.2, 0.25) is 5.91 Å². The van der Waals surface area contributed by atoms with Gasteiger partial charge in [-0.2, -0.15) is 0 Å². The number of hydrogen-bond acceptors (Lipinski definition) is 5. The molecule has 1 aromatic rings. The molecule has 0 aromatic heterocycles. The largest absolute Gasteiger partial charge is 0.493 e. The van der Waals surface area contributed by atoms with Gasteiger partial charge >= 0.3 is 0 Å². The zero-order chi connectivity index (χ0) is 19.3. The lowest BCUT2D eigenvalue weighted by molar-refractivity contribution is -0.131. The molecule has 0 saturated carbocycles. The summed E-state index contributed by atoms with van der Waals surface area (Å²) in [5.41, 5.74) is 0.967. The molecule has 0 bridgehead atoms. The van der Waals surface area contributed by atoms with Crippen molar-refractivity contribution in [3.63, 3.8) is 0 Å². The number of amides is 1. The van der Waals surface area contributed by atoms with Crippen LogP contribution in [0.3, 0.4) is 0 Å². The highest BCUT2D eigenvalue weighted by Gasteiger charge is 2.29. The molecular weight excluding hydrogens is 332 g/mol. The van der Waals surface area contributed by atoms with Crippen molar-refractivity contribution >= 4 is 11.6 Å². The lowest BCUT2D eigenvalue weighted by atomic mass is 10.0. The summed E-state index contributed by atoms with van der Waals surface area (Å²) >= 11 is 0. The van der Waals surface area contributed by atoms with E-state index in [1.54, 1.807) is 27.0 Å². The summed E-state index contributed by atoms with van der Waals surface area (Å²) in [7, 11) is 1.60. The third-order valence-corrected chi connectivity index (χ3v) is 4.36. The molecule has 1 heterocycles. The Morgan fingerprint density at radius 3 is 2.65 bits per heavy atom. The molecule has 6 nitrogen and oxygen atoms in total. The molecule has 26 heavy (non-hydrogen) atoms. The number of nitrogens with zero attached hydrogens (tertiary/aromatic N) is 2. The van der Waals surface area contributed by atoms with Gasteiger partial charge in [0.05, 0.1) is 19.3 Å². The first-order chi connectivity index (χ1) is 12.3. The number of rotatable bonds is 7. The van der Waals surface area contributed by atoms with Crippen LogP contribution in [0.5, 0.6) is 11.5 Å². The van der Waals surface area contributed by atoms with Crippen LogP contribution in [-0.4, -0.2) is 54.9 Å². The van der Waals surface area contributed by atoms with Crippen LogP contribution in [0.1, 0.15) is 32.8 Å². The summed E-state index contributed by atoms with van der Waals surface area (Å²) < 4.78 is 11.4. The van der Waals surface area contributed by atoms with E-state index in [1.165, 1.54) is 0 Å². The molecule has 2 rings (SSSR count). The van der Waals surface area contributed by atoms with E-state index >= 15 is 0 Å². The van der Waals surface area contributed by atoms with Crippen molar-refractivity contribution in [2.24, 2.45) is 0 Å². The molecule has 144 valence electrons. The van der Waals surface area contributed by atoms with Gasteiger partial charge in [0.1, 0.15) is 6.61 Å². The first-order valence-corrected chi connectivity index (χ1v) is 8.99. The molecule has 0 aliphatic carbocycles. The van der Waals surface area contributed by atoms with E-state index in [0.29, 0.717) is 50.7 Å². The van der Waals surface area contributed by atoms with E-state index in [1.807, 2.05) is 24.0 Å². The average molecular weight is 362 g/mol. The van der Waals surface area contributed by atoms with Gasteiger partial charge in [0.25, 0.3) is 0 Å². The molecule has 0 unspecified atom stereocenters. The first kappa shape index (κ1) is 20.1. The number of fused-ring (bicyclic) bond motifs is 1. The number of anilines is 1. The third-order valence-electron chi connectivity index (χ3n) is 4.36. The lowest BCUT2D eigenvalue weighted by Gasteiger charge is -2.36. The number of methoxy groups -OCH3 is 1. The van der Waals surface area contributed by atoms with Crippen LogP contribution in [0, 0.1) is 0 Å². The van der Waals surface area contributed by atoms with Crippen molar-refractivity contribution in [2.45, 2.75) is 39.3 Å². The molecule has 0 spiro atoms. The van der Waals surface area contributed by atoms with Crippen molar-refractivity contribution in [2.75, 3.05) is 38.3 Å². The minimum atomic E-state index is -0.883. The fourth-order valence-corrected chi connectivity index (χ4v) is 3.21. The Labute approximate surface area is 156 Å². The van der Waals surface area contributed by atoms with Crippen LogP contribution in [0.15, 0.2) is 24.8 Å². The van der Waals surface area contributed by atoms with E-state index in [4.69, 9.17) is 9.47 Å². The highest BCUT2D eigenvalue weighted by Crippen LogP contribution is 2.40. The van der Waals surface area contributed by atoms with E-state index in [-0.39, 0.29) is 5.91 Å². The molecule has 0 atom stereocenters. The summed E-state index contributed by atoms with van der Waals surface area (Å²) in [5, 5.41) is 10.3. The fraction of sp³-hybridized carbons (Fsp3) is 0.550. The lowest BCUT2D eigenvalue weighted by Crippen LogP contribution is -2.43. The van der Waals surface area contributed by atoms with E-state index in [9.17, 15) is 9.90 Å². The average Bonchev–Trinajstić information content (AvgIpc) is 2.58. The Kier molecular flexibility index (Phi) is 6.53. The Hall–Kier alpha value is -2.21. The maximum absolute atomic E-state index is 12.5. The predicted octanol–water partition coefficient (Wildman–Crippen LogP) is 2.59. The van der Waals surface area contributed by atoms with Crippen molar-refractivity contribution in [1.29, 1.82) is 0 Å². The van der Waals surface area contributed by atoms with Gasteiger partial charge in [-0.25, -0.2) is 0 Å². The summed E-state index contributed by atoms with van der Waals surface area (Å²) in [4.78, 5) is 16.4. The monoisotopic (exact) mass is 362 g/mol. The Bertz CT molecular complexity index is 652. The fourth-order valence-electron chi connectivity index (χ4n) is 3.21. The molecule has 1 amide bonds. The molecule has 1 N–H and O–H groups in total. The van der Waals surface area contributed by atoms with Gasteiger partial charge in [0, 0.05) is 37.3 Å². The molecule has 1 aliphatic rings. The number of benzene rings is 1. The SMILES string of the molecule is C=CCOc1c(OC)ccc2c1CN(CC)C(=O)CCN2CC(C)(C)O. The first-order valence-electron chi connectivity index (χ1n) is 8.99. The molecule has 6 heteroatoms. The van der Waals surface area contributed by atoms with E-state index in [2.05, 4.69) is 11.5 Å². The highest BCUT2D eigenvalue weighted by atomic mass is 16.5. The maximum Gasteiger partial charge on any atom is 0.224 e. The number of ether oxygens (including phenoxy) is 2. The normalized spacial score (nSPS) is 15.2. The number of hydrogen-bond donors (Lipinski definition) is 1. The van der Waals surface area contributed by atoms with Crippen molar-refractivity contribution in [1.82, 2.24) is 4.90 Å². The summed E-state index contributed by atoms with van der Waals surface area (Å²) in [6, 6.07) is 3.85. The minimum Gasteiger partial charge on any atom is -0.493 e. The second-order valence-corrected chi connectivity index (χ2v) is 7.09. The van der Waals surface area contributed by atoms with Crippen LogP contribution in [0.25, 0.3) is 0 Å².